The van der Waals surface area contributed by atoms with E-state index in [0.717, 1.165) is 0 Å². The van der Waals surface area contributed by atoms with Crippen LogP contribution in [0.1, 0.15) is 32.0 Å². The van der Waals surface area contributed by atoms with E-state index in [2.05, 4.69) is 5.32 Å². The van der Waals surface area contributed by atoms with Crippen LogP contribution in [-0.4, -0.2) is 22.7 Å². The average Bonchev–Trinajstić information content (AvgIpc) is 3.17. The van der Waals surface area contributed by atoms with Crippen LogP contribution in [0.15, 0.2) is 65.3 Å². The van der Waals surface area contributed by atoms with E-state index in [4.69, 9.17) is 21.4 Å². The van der Waals surface area contributed by atoms with Gasteiger partial charge in [-0.1, -0.05) is 23.7 Å². The molecule has 0 fully saturated rings. The normalized spacial score (nSPS) is 10.3. The fourth-order valence-electron chi connectivity index (χ4n) is 2.35. The lowest BCUT2D eigenvalue weighted by Crippen LogP contribution is -2.15. The average molecular weight is 369 g/mol. The number of furan rings is 1. The zero-order valence-corrected chi connectivity index (χ0v) is 14.1. The van der Waals surface area contributed by atoms with Gasteiger partial charge in [0.05, 0.1) is 17.5 Å². The van der Waals surface area contributed by atoms with Gasteiger partial charge in [0.2, 0.25) is 0 Å². The highest BCUT2D eigenvalue weighted by Gasteiger charge is 2.15. The van der Waals surface area contributed by atoms with E-state index in [-0.39, 0.29) is 22.0 Å². The second kappa shape index (κ2) is 7.25. The van der Waals surface area contributed by atoms with Crippen LogP contribution < -0.4 is 5.32 Å². The maximum Gasteiger partial charge on any atom is 0.337 e. The molecule has 0 atom stereocenters. The first-order valence-electron chi connectivity index (χ1n) is 7.53. The fraction of sp³-hybridized carbons (Fsp3) is 0. The van der Waals surface area contributed by atoms with Gasteiger partial charge < -0.3 is 14.8 Å². The van der Waals surface area contributed by atoms with E-state index in [1.54, 1.807) is 36.4 Å². The number of amides is 1. The van der Waals surface area contributed by atoms with Gasteiger partial charge in [0, 0.05) is 16.1 Å². The topological polar surface area (TPSA) is 103 Å². The smallest absolute Gasteiger partial charge is 0.337 e. The summed E-state index contributed by atoms with van der Waals surface area (Å²) in [7, 11) is 0. The lowest BCUT2D eigenvalue weighted by Gasteiger charge is -2.09. The third-order valence-electron chi connectivity index (χ3n) is 3.66. The molecule has 3 rings (SSSR count). The van der Waals surface area contributed by atoms with Crippen molar-refractivity contribution in [3.8, 4) is 0 Å². The highest BCUT2D eigenvalue weighted by Crippen LogP contribution is 2.21. The van der Waals surface area contributed by atoms with Crippen LogP contribution in [0.25, 0.3) is 0 Å². The van der Waals surface area contributed by atoms with Crippen LogP contribution in [0, 0.1) is 5.41 Å². The Morgan fingerprint density at radius 3 is 2.35 bits per heavy atom. The summed E-state index contributed by atoms with van der Waals surface area (Å²) in [5, 5.41) is 20.1. The van der Waals surface area contributed by atoms with Crippen molar-refractivity contribution in [1.82, 2.24) is 0 Å². The summed E-state index contributed by atoms with van der Waals surface area (Å²) >= 11 is 5.80. The molecule has 2 aromatic carbocycles. The number of nitrogens with one attached hydrogen (secondary N) is 2. The van der Waals surface area contributed by atoms with E-state index in [9.17, 15) is 14.7 Å². The molecule has 0 bridgehead atoms. The van der Waals surface area contributed by atoms with Crippen LogP contribution in [0.3, 0.4) is 0 Å². The molecule has 0 radical (unpaired) electrons. The molecular formula is C19H13ClN2O4. The van der Waals surface area contributed by atoms with Crippen LogP contribution >= 0.6 is 11.6 Å². The highest BCUT2D eigenvalue weighted by molar-refractivity contribution is 6.31. The molecule has 130 valence electrons. The number of hydrogen-bond acceptors (Lipinski definition) is 4. The number of carboxylic acids is 1. The number of halogens is 1. The Morgan fingerprint density at radius 1 is 1.04 bits per heavy atom. The number of anilines is 1. The van der Waals surface area contributed by atoms with Crippen molar-refractivity contribution in [3.63, 3.8) is 0 Å². The molecule has 0 spiro atoms. The van der Waals surface area contributed by atoms with E-state index in [1.165, 1.54) is 24.5 Å². The van der Waals surface area contributed by atoms with Gasteiger partial charge in [-0.05, 0) is 42.5 Å². The van der Waals surface area contributed by atoms with Gasteiger partial charge in [-0.3, -0.25) is 10.2 Å². The Labute approximate surface area is 153 Å². The van der Waals surface area contributed by atoms with E-state index < -0.39 is 11.9 Å². The summed E-state index contributed by atoms with van der Waals surface area (Å²) in [5.41, 5.74) is 1.18. The monoisotopic (exact) mass is 368 g/mol. The Balaban J connectivity index is 1.79. The van der Waals surface area contributed by atoms with Crippen molar-refractivity contribution >= 4 is 34.9 Å². The van der Waals surface area contributed by atoms with Crippen molar-refractivity contribution < 1.29 is 19.1 Å². The lowest BCUT2D eigenvalue weighted by molar-refractivity contribution is 0.0698. The molecule has 0 aliphatic rings. The van der Waals surface area contributed by atoms with Crippen molar-refractivity contribution in [1.29, 1.82) is 5.41 Å². The van der Waals surface area contributed by atoms with Crippen LogP contribution in [0.2, 0.25) is 5.02 Å². The zero-order valence-electron chi connectivity index (χ0n) is 13.3. The van der Waals surface area contributed by atoms with Gasteiger partial charge in [0.1, 0.15) is 5.71 Å². The fourth-order valence-corrected chi connectivity index (χ4v) is 2.52. The summed E-state index contributed by atoms with van der Waals surface area (Å²) in [5.74, 6) is -1.23. The Morgan fingerprint density at radius 2 is 1.73 bits per heavy atom. The molecule has 6 nitrogen and oxygen atoms in total. The Kier molecular flexibility index (Phi) is 4.86. The van der Waals surface area contributed by atoms with Gasteiger partial charge in [-0.25, -0.2) is 4.79 Å². The first-order valence-corrected chi connectivity index (χ1v) is 7.90. The molecule has 0 aliphatic carbocycles. The Hall–Kier alpha value is -3.38. The quantitative estimate of drug-likeness (QED) is 0.584. The van der Waals surface area contributed by atoms with E-state index >= 15 is 0 Å². The second-order valence-corrected chi connectivity index (χ2v) is 5.82. The maximum absolute atomic E-state index is 12.4. The molecule has 3 aromatic rings. The number of aromatic carboxylic acids is 1. The minimum Gasteiger partial charge on any atom is -0.478 e. The van der Waals surface area contributed by atoms with Crippen molar-refractivity contribution in [2.75, 3.05) is 5.32 Å². The summed E-state index contributed by atoms with van der Waals surface area (Å²) in [6.07, 6.45) is 1.48. The maximum atomic E-state index is 12.4. The molecule has 0 saturated heterocycles. The van der Waals surface area contributed by atoms with Gasteiger partial charge in [-0.15, -0.1) is 0 Å². The first-order chi connectivity index (χ1) is 12.5. The summed E-state index contributed by atoms with van der Waals surface area (Å²) < 4.78 is 5.18. The predicted octanol–water partition coefficient (Wildman–Crippen LogP) is 4.30. The van der Waals surface area contributed by atoms with E-state index in [0.29, 0.717) is 16.9 Å². The minimum absolute atomic E-state index is 0.0953. The SMILES string of the molecule is N=C(c1ccc(C(=O)Nc2ccc(Cl)cc2C(=O)O)cc1)c1ccco1. The Bertz CT molecular complexity index is 979. The standard InChI is InChI=1S/C19H13ClN2O4/c20-13-7-8-15(14(10-13)19(24)25)22-18(23)12-5-3-11(4-6-12)17(21)16-2-1-9-26-16/h1-10,21H,(H,22,23)(H,24,25). The molecule has 3 N–H and O–H groups in total. The zero-order chi connectivity index (χ0) is 18.7. The van der Waals surface area contributed by atoms with Crippen LogP contribution in [0.5, 0.6) is 0 Å². The third-order valence-corrected chi connectivity index (χ3v) is 3.90. The molecular weight excluding hydrogens is 356 g/mol. The minimum atomic E-state index is -1.19. The molecule has 1 aromatic heterocycles. The van der Waals surface area contributed by atoms with Crippen molar-refractivity contribution in [2.24, 2.45) is 0 Å². The second-order valence-electron chi connectivity index (χ2n) is 5.38. The highest BCUT2D eigenvalue weighted by atomic mass is 35.5. The number of rotatable bonds is 5. The van der Waals surface area contributed by atoms with Gasteiger partial charge >= 0.3 is 5.97 Å². The van der Waals surface area contributed by atoms with Crippen LogP contribution in [-0.2, 0) is 0 Å². The molecule has 1 heterocycles. The van der Waals surface area contributed by atoms with E-state index in [1.807, 2.05) is 0 Å². The number of hydrogen-bond donors (Lipinski definition) is 3. The van der Waals surface area contributed by atoms with Gasteiger partial charge in [0.15, 0.2) is 5.76 Å². The van der Waals surface area contributed by atoms with Gasteiger partial charge in [-0.2, -0.15) is 0 Å². The molecule has 1 amide bonds. The third kappa shape index (κ3) is 3.65. The van der Waals surface area contributed by atoms with Crippen molar-refractivity contribution in [2.45, 2.75) is 0 Å². The molecule has 7 heteroatoms. The largest absolute Gasteiger partial charge is 0.478 e. The summed E-state index contributed by atoms with van der Waals surface area (Å²) in [4.78, 5) is 23.7. The summed E-state index contributed by atoms with van der Waals surface area (Å²) in [6.45, 7) is 0. The summed E-state index contributed by atoms with van der Waals surface area (Å²) in [6, 6.07) is 13.9. The molecule has 0 unspecified atom stereocenters. The number of benzene rings is 2. The lowest BCUT2D eigenvalue weighted by atomic mass is 10.1. The number of carbonyl (C=O) groups is 2. The molecule has 0 saturated carbocycles. The number of carbonyl (C=O) groups excluding carboxylic acids is 1. The first kappa shape index (κ1) is 17.4. The predicted molar refractivity (Wildman–Crippen MR) is 97.4 cm³/mol. The molecule has 0 aliphatic heterocycles. The van der Waals surface area contributed by atoms with Crippen molar-refractivity contribution in [3.05, 3.63) is 88.3 Å². The number of carboxylic acid groups (broad SMARTS) is 1. The molecule has 26 heavy (non-hydrogen) atoms. The van der Waals surface area contributed by atoms with Gasteiger partial charge in [0.25, 0.3) is 5.91 Å². The van der Waals surface area contributed by atoms with Crippen LogP contribution in [0.4, 0.5) is 5.69 Å².